The van der Waals surface area contributed by atoms with E-state index in [0.717, 1.165) is 12.1 Å². The van der Waals surface area contributed by atoms with Gasteiger partial charge in [0.05, 0.1) is 27.6 Å². The molecule has 2 bridgehead atoms. The number of fused-ring (bicyclic) bond motifs is 3. The molecular weight excluding hydrogens is 441 g/mol. The van der Waals surface area contributed by atoms with Crippen molar-refractivity contribution >= 4 is 38.6 Å². The van der Waals surface area contributed by atoms with E-state index in [2.05, 4.69) is 10.3 Å². The summed E-state index contributed by atoms with van der Waals surface area (Å²) in [6.07, 6.45) is 0.0221. The molecule has 1 heterocycles. The number of rotatable bonds is 4. The Morgan fingerprint density at radius 2 is 1.75 bits per heavy atom. The lowest BCUT2D eigenvalue weighted by atomic mass is 9.82. The third-order valence-electron chi connectivity index (χ3n) is 6.19. The molecule has 2 N–H and O–H groups in total. The van der Waals surface area contributed by atoms with E-state index in [4.69, 9.17) is 0 Å². The lowest BCUT2D eigenvalue weighted by Gasteiger charge is -2.23. The average molecular weight is 458 g/mol. The number of carboxylic acid groups (broad SMARTS) is 1. The van der Waals surface area contributed by atoms with Gasteiger partial charge in [0.25, 0.3) is 0 Å². The van der Waals surface area contributed by atoms with E-state index in [9.17, 15) is 27.9 Å². The Labute approximate surface area is 184 Å². The van der Waals surface area contributed by atoms with Gasteiger partial charge in [-0.2, -0.15) is 13.2 Å². The third kappa shape index (κ3) is 3.56. The van der Waals surface area contributed by atoms with Gasteiger partial charge in [-0.3, -0.25) is 9.59 Å². The highest BCUT2D eigenvalue weighted by Gasteiger charge is 2.51. The van der Waals surface area contributed by atoms with Crippen LogP contribution >= 0.6 is 11.3 Å². The second-order valence-corrected chi connectivity index (χ2v) is 9.14. The monoisotopic (exact) mass is 458 g/mol. The number of thiazole rings is 1. The number of amides is 1. The van der Waals surface area contributed by atoms with Gasteiger partial charge in [-0.15, -0.1) is 0 Å². The number of benzene rings is 2. The van der Waals surface area contributed by atoms with Gasteiger partial charge in [-0.25, -0.2) is 4.98 Å². The van der Waals surface area contributed by atoms with Gasteiger partial charge >= 0.3 is 12.1 Å². The number of aliphatic carboxylic acids is 1. The van der Waals surface area contributed by atoms with Crippen molar-refractivity contribution in [2.75, 3.05) is 5.32 Å². The van der Waals surface area contributed by atoms with Crippen LogP contribution in [-0.2, 0) is 15.8 Å². The van der Waals surface area contributed by atoms with Gasteiger partial charge in [0, 0.05) is 0 Å². The third-order valence-corrected chi connectivity index (χ3v) is 7.12. The summed E-state index contributed by atoms with van der Waals surface area (Å²) in [6, 6.07) is 10.2. The Bertz CT molecular complexity index is 1270. The minimum atomic E-state index is -4.43. The Kier molecular flexibility index (Phi) is 4.81. The predicted molar refractivity (Wildman–Crippen MR) is 114 cm³/mol. The Morgan fingerprint density at radius 3 is 2.47 bits per heavy atom. The minimum Gasteiger partial charge on any atom is -0.481 e. The predicted octanol–water partition coefficient (Wildman–Crippen LogP) is 5.44. The van der Waals surface area contributed by atoms with E-state index in [0.29, 0.717) is 32.9 Å². The lowest BCUT2D eigenvalue weighted by Crippen LogP contribution is -2.36. The highest BCUT2D eigenvalue weighted by molar-refractivity contribution is 7.22. The van der Waals surface area contributed by atoms with E-state index < -0.39 is 29.5 Å². The number of anilines is 1. The van der Waals surface area contributed by atoms with Crippen LogP contribution in [0.3, 0.4) is 0 Å². The maximum Gasteiger partial charge on any atom is 0.416 e. The molecule has 5 rings (SSSR count). The topological polar surface area (TPSA) is 79.3 Å². The molecule has 1 aromatic heterocycles. The van der Waals surface area contributed by atoms with Crippen LogP contribution in [0, 0.1) is 23.7 Å². The molecule has 32 heavy (non-hydrogen) atoms. The zero-order valence-corrected chi connectivity index (χ0v) is 17.3. The van der Waals surface area contributed by atoms with Crippen molar-refractivity contribution in [3.05, 3.63) is 60.2 Å². The highest BCUT2D eigenvalue weighted by Crippen LogP contribution is 2.48. The standard InChI is InChI=1S/C23H17F3N2O3S/c24-23(25,26)15-3-1-2-11(9-15)12-6-7-16-17(10-12)32-22(27-16)28-20(29)18-13-4-5-14(8-13)19(18)21(30)31/h1-7,9-10,13-14,18-19H,8H2,(H,30,31)(H,27,28,29)/t13?,14?,18-,19+/m1/s1. The SMILES string of the molecule is O=C(Nc1nc2ccc(-c3cccc(C(F)(F)F)c3)cc2s1)[C@@H]1C2C=CC(C2)[C@@H]1C(=O)O. The number of carbonyl (C=O) groups is 2. The molecule has 0 spiro atoms. The molecule has 164 valence electrons. The van der Waals surface area contributed by atoms with E-state index in [1.54, 1.807) is 24.3 Å². The molecule has 0 saturated heterocycles. The molecule has 2 unspecified atom stereocenters. The molecule has 1 fully saturated rings. The first kappa shape index (κ1) is 20.7. The molecule has 3 aromatic rings. The van der Waals surface area contributed by atoms with Crippen LogP contribution in [0.5, 0.6) is 0 Å². The smallest absolute Gasteiger partial charge is 0.416 e. The molecule has 1 saturated carbocycles. The normalized spacial score (nSPS) is 24.2. The van der Waals surface area contributed by atoms with E-state index in [1.165, 1.54) is 17.4 Å². The largest absolute Gasteiger partial charge is 0.481 e. The molecule has 0 aliphatic heterocycles. The first-order chi connectivity index (χ1) is 15.2. The van der Waals surface area contributed by atoms with Gasteiger partial charge in [0.15, 0.2) is 5.13 Å². The van der Waals surface area contributed by atoms with Crippen LogP contribution in [0.2, 0.25) is 0 Å². The zero-order chi connectivity index (χ0) is 22.6. The Balaban J connectivity index is 1.40. The first-order valence-electron chi connectivity index (χ1n) is 10.0. The summed E-state index contributed by atoms with van der Waals surface area (Å²) in [7, 11) is 0. The van der Waals surface area contributed by atoms with Gasteiger partial charge in [-0.1, -0.05) is 41.7 Å². The molecule has 0 radical (unpaired) electrons. The zero-order valence-electron chi connectivity index (χ0n) is 16.5. The summed E-state index contributed by atoms with van der Waals surface area (Å²) in [5, 5.41) is 12.6. The molecule has 2 aliphatic rings. The quantitative estimate of drug-likeness (QED) is 0.510. The van der Waals surface area contributed by atoms with Gasteiger partial charge in [0.1, 0.15) is 0 Å². The second-order valence-electron chi connectivity index (χ2n) is 8.11. The maximum absolute atomic E-state index is 13.0. The lowest BCUT2D eigenvalue weighted by molar-refractivity contribution is -0.146. The van der Waals surface area contributed by atoms with E-state index >= 15 is 0 Å². The number of nitrogens with zero attached hydrogens (tertiary/aromatic N) is 1. The van der Waals surface area contributed by atoms with Crippen molar-refractivity contribution < 1.29 is 27.9 Å². The number of allylic oxidation sites excluding steroid dienone is 2. The summed E-state index contributed by atoms with van der Waals surface area (Å²) in [5.41, 5.74) is 0.914. The molecule has 9 heteroatoms. The summed E-state index contributed by atoms with van der Waals surface area (Å²) in [4.78, 5) is 28.9. The fraction of sp³-hybridized carbons (Fsp3) is 0.261. The van der Waals surface area contributed by atoms with Gasteiger partial charge in [0.2, 0.25) is 5.91 Å². The van der Waals surface area contributed by atoms with Gasteiger partial charge in [-0.05, 0) is 53.6 Å². The Morgan fingerprint density at radius 1 is 1.03 bits per heavy atom. The number of carbonyl (C=O) groups excluding carboxylic acids is 1. The minimum absolute atomic E-state index is 0.0945. The molecule has 2 aliphatic carbocycles. The fourth-order valence-electron chi connectivity index (χ4n) is 4.74. The van der Waals surface area contributed by atoms with E-state index in [1.807, 2.05) is 12.2 Å². The number of nitrogens with one attached hydrogen (secondary N) is 1. The average Bonchev–Trinajstić information content (AvgIpc) is 3.46. The van der Waals surface area contributed by atoms with Crippen LogP contribution in [-0.4, -0.2) is 22.0 Å². The van der Waals surface area contributed by atoms with Crippen molar-refractivity contribution in [2.45, 2.75) is 12.6 Å². The highest BCUT2D eigenvalue weighted by atomic mass is 32.1. The number of hydrogen-bond donors (Lipinski definition) is 2. The van der Waals surface area contributed by atoms with Crippen LogP contribution in [0.15, 0.2) is 54.6 Å². The Hall–Kier alpha value is -3.20. The van der Waals surface area contributed by atoms with Gasteiger partial charge < -0.3 is 10.4 Å². The van der Waals surface area contributed by atoms with Crippen LogP contribution in [0.25, 0.3) is 21.3 Å². The van der Waals surface area contributed by atoms with Crippen molar-refractivity contribution in [2.24, 2.45) is 23.7 Å². The number of halogens is 3. The van der Waals surface area contributed by atoms with Crippen molar-refractivity contribution in [1.29, 1.82) is 0 Å². The first-order valence-corrected chi connectivity index (χ1v) is 10.8. The molecule has 5 nitrogen and oxygen atoms in total. The number of aromatic nitrogens is 1. The second kappa shape index (κ2) is 7.44. The molecule has 4 atom stereocenters. The summed E-state index contributed by atoms with van der Waals surface area (Å²) in [5.74, 6) is -2.95. The summed E-state index contributed by atoms with van der Waals surface area (Å²) >= 11 is 1.20. The maximum atomic E-state index is 13.0. The van der Waals surface area contributed by atoms with Crippen molar-refractivity contribution in [3.8, 4) is 11.1 Å². The van der Waals surface area contributed by atoms with Crippen LogP contribution in [0.1, 0.15) is 12.0 Å². The van der Waals surface area contributed by atoms with Crippen molar-refractivity contribution in [1.82, 2.24) is 4.98 Å². The molecular formula is C23H17F3N2O3S. The molecule has 2 aromatic carbocycles. The van der Waals surface area contributed by atoms with Crippen LogP contribution in [0.4, 0.5) is 18.3 Å². The summed E-state index contributed by atoms with van der Waals surface area (Å²) in [6.45, 7) is 0. The number of hydrogen-bond acceptors (Lipinski definition) is 4. The van der Waals surface area contributed by atoms with E-state index in [-0.39, 0.29) is 17.7 Å². The number of carboxylic acids is 1. The van der Waals surface area contributed by atoms with Crippen molar-refractivity contribution in [3.63, 3.8) is 0 Å². The van der Waals surface area contributed by atoms with Crippen LogP contribution < -0.4 is 5.32 Å². The number of alkyl halides is 3. The summed E-state index contributed by atoms with van der Waals surface area (Å²) < 4.78 is 39.8. The fourth-order valence-corrected chi connectivity index (χ4v) is 5.65. The molecule has 1 amide bonds.